The van der Waals surface area contributed by atoms with E-state index in [1.807, 2.05) is 29.2 Å². The molecule has 8 nitrogen and oxygen atoms in total. The number of rotatable bonds is 5. The van der Waals surface area contributed by atoms with Gasteiger partial charge in [-0.1, -0.05) is 41.4 Å². The van der Waals surface area contributed by atoms with Crippen LogP contribution in [0.5, 0.6) is 0 Å². The van der Waals surface area contributed by atoms with E-state index in [9.17, 15) is 9.59 Å². The largest absolute Gasteiger partial charge is 0.445 e. The third-order valence-corrected chi connectivity index (χ3v) is 6.47. The third-order valence-electron chi connectivity index (χ3n) is 5.92. The molecule has 0 aliphatic carbocycles. The van der Waals surface area contributed by atoms with Crippen LogP contribution in [0.25, 0.3) is 11.1 Å². The van der Waals surface area contributed by atoms with Gasteiger partial charge in [0.25, 0.3) is 5.91 Å². The highest BCUT2D eigenvalue weighted by molar-refractivity contribution is 6.34. The van der Waals surface area contributed by atoms with Gasteiger partial charge < -0.3 is 25.2 Å². The number of nitrogens with zero attached hydrogens (tertiary/aromatic N) is 4. The number of ether oxygens (including phenoxy) is 1. The lowest BCUT2D eigenvalue weighted by Crippen LogP contribution is -2.49. The van der Waals surface area contributed by atoms with E-state index >= 15 is 0 Å². The number of benzene rings is 2. The van der Waals surface area contributed by atoms with E-state index in [2.05, 4.69) is 4.98 Å². The zero-order chi connectivity index (χ0) is 25.8. The number of amides is 2. The van der Waals surface area contributed by atoms with Crippen LogP contribution in [0.1, 0.15) is 15.9 Å². The molecular weight excluding hydrogens is 501 g/mol. The fourth-order valence-corrected chi connectivity index (χ4v) is 4.44. The van der Waals surface area contributed by atoms with Crippen molar-refractivity contribution in [1.82, 2.24) is 14.8 Å². The predicted molar refractivity (Wildman–Crippen MR) is 143 cm³/mol. The van der Waals surface area contributed by atoms with Crippen LogP contribution in [-0.4, -0.2) is 67.1 Å². The summed E-state index contributed by atoms with van der Waals surface area (Å²) in [4.78, 5) is 34.5. The lowest BCUT2D eigenvalue weighted by Gasteiger charge is -2.35. The second kappa shape index (κ2) is 11.1. The summed E-state index contributed by atoms with van der Waals surface area (Å²) >= 11 is 12.3. The monoisotopic (exact) mass is 527 g/mol. The molecule has 0 spiro atoms. The van der Waals surface area contributed by atoms with E-state index in [1.54, 1.807) is 49.5 Å². The minimum atomic E-state index is -0.362. The minimum absolute atomic E-state index is 0.160. The maximum atomic E-state index is 12.5. The maximum absolute atomic E-state index is 12.5. The number of halogens is 2. The lowest BCUT2D eigenvalue weighted by molar-refractivity contribution is 0.0827. The fourth-order valence-electron chi connectivity index (χ4n) is 3.97. The van der Waals surface area contributed by atoms with E-state index in [0.29, 0.717) is 53.3 Å². The Kier molecular flexibility index (Phi) is 7.86. The molecule has 0 unspecified atom stereocenters. The predicted octanol–water partition coefficient (Wildman–Crippen LogP) is 4.80. The van der Waals surface area contributed by atoms with Crippen molar-refractivity contribution < 1.29 is 14.3 Å². The molecule has 2 heterocycles. The Morgan fingerprint density at radius 2 is 1.78 bits per heavy atom. The van der Waals surface area contributed by atoms with Gasteiger partial charge in [0.15, 0.2) is 5.82 Å². The van der Waals surface area contributed by atoms with Crippen molar-refractivity contribution in [2.75, 3.05) is 50.9 Å². The van der Waals surface area contributed by atoms with Gasteiger partial charge in [-0.2, -0.15) is 0 Å². The van der Waals surface area contributed by atoms with Crippen molar-refractivity contribution in [3.8, 4) is 11.1 Å². The van der Waals surface area contributed by atoms with Gasteiger partial charge in [-0.05, 0) is 41.5 Å². The van der Waals surface area contributed by atoms with E-state index in [-0.39, 0.29) is 18.6 Å². The van der Waals surface area contributed by atoms with Gasteiger partial charge in [-0.15, -0.1) is 0 Å². The van der Waals surface area contributed by atoms with Gasteiger partial charge >= 0.3 is 6.09 Å². The van der Waals surface area contributed by atoms with Crippen molar-refractivity contribution in [1.29, 1.82) is 0 Å². The topological polar surface area (TPSA) is 92.0 Å². The van der Waals surface area contributed by atoms with Crippen LogP contribution in [0.2, 0.25) is 10.0 Å². The van der Waals surface area contributed by atoms with Gasteiger partial charge in [0, 0.05) is 57.1 Å². The standard InChI is InChI=1S/C26H27Cl2N5O3/c1-31(2)25(34)21-7-6-18(13-22(21)28)19-14-23(29)24(30-15-19)32-8-10-33(11-9-32)26(35)36-16-17-4-3-5-20(27)12-17/h3-7,12-15H,8-11,16,29H2,1-2H3. The molecule has 10 heteroatoms. The summed E-state index contributed by atoms with van der Waals surface area (Å²) < 4.78 is 5.43. The highest BCUT2D eigenvalue weighted by Crippen LogP contribution is 2.30. The number of hydrogen-bond acceptors (Lipinski definition) is 6. The van der Waals surface area contributed by atoms with Gasteiger partial charge in [0.2, 0.25) is 0 Å². The molecule has 2 aromatic carbocycles. The zero-order valence-corrected chi connectivity index (χ0v) is 21.6. The number of aromatic nitrogens is 1. The van der Waals surface area contributed by atoms with Gasteiger partial charge in [-0.25, -0.2) is 9.78 Å². The molecule has 0 bridgehead atoms. The Hall–Kier alpha value is -3.49. The quantitative estimate of drug-likeness (QED) is 0.512. The number of piperazine rings is 1. The molecule has 1 aliphatic heterocycles. The highest BCUT2D eigenvalue weighted by Gasteiger charge is 2.24. The van der Waals surface area contributed by atoms with Crippen LogP contribution in [0.4, 0.5) is 16.3 Å². The summed E-state index contributed by atoms with van der Waals surface area (Å²) in [6, 6.07) is 14.3. The summed E-state index contributed by atoms with van der Waals surface area (Å²) in [5.41, 5.74) is 9.76. The first kappa shape index (κ1) is 25.6. The van der Waals surface area contributed by atoms with E-state index in [1.165, 1.54) is 4.90 Å². The molecule has 36 heavy (non-hydrogen) atoms. The summed E-state index contributed by atoms with van der Waals surface area (Å²) in [6.07, 6.45) is 1.37. The number of nitrogen functional groups attached to an aromatic ring is 1. The molecule has 0 atom stereocenters. The Labute approximate surface area is 220 Å². The SMILES string of the molecule is CN(C)C(=O)c1ccc(-c2cnc(N3CCN(C(=O)OCc4cccc(Cl)c4)CC3)c(N)c2)cc1Cl. The van der Waals surface area contributed by atoms with Crippen LogP contribution < -0.4 is 10.6 Å². The molecule has 0 radical (unpaired) electrons. The molecule has 1 saturated heterocycles. The second-order valence-electron chi connectivity index (χ2n) is 8.69. The molecule has 3 aromatic rings. The van der Waals surface area contributed by atoms with Gasteiger partial charge in [-0.3, -0.25) is 4.79 Å². The summed E-state index contributed by atoms with van der Waals surface area (Å²) in [6.45, 7) is 2.32. The average Bonchev–Trinajstić information content (AvgIpc) is 2.87. The van der Waals surface area contributed by atoms with Crippen molar-refractivity contribution in [2.24, 2.45) is 0 Å². The minimum Gasteiger partial charge on any atom is -0.445 e. The van der Waals surface area contributed by atoms with Crippen molar-refractivity contribution in [2.45, 2.75) is 6.61 Å². The van der Waals surface area contributed by atoms with Crippen LogP contribution >= 0.6 is 23.2 Å². The number of carbonyl (C=O) groups excluding carboxylic acids is 2. The Bertz CT molecular complexity index is 1280. The normalized spacial score (nSPS) is 13.4. The first-order valence-corrected chi connectivity index (χ1v) is 12.2. The molecule has 2 amide bonds. The maximum Gasteiger partial charge on any atom is 0.410 e. The van der Waals surface area contributed by atoms with Crippen molar-refractivity contribution in [3.63, 3.8) is 0 Å². The molecule has 1 aromatic heterocycles. The Morgan fingerprint density at radius 3 is 2.42 bits per heavy atom. The van der Waals surface area contributed by atoms with Gasteiger partial charge in [0.1, 0.15) is 6.61 Å². The fraction of sp³-hybridized carbons (Fsp3) is 0.269. The van der Waals surface area contributed by atoms with Gasteiger partial charge in [0.05, 0.1) is 16.3 Å². The summed E-state index contributed by atoms with van der Waals surface area (Å²) in [7, 11) is 3.36. The van der Waals surface area contributed by atoms with Crippen LogP contribution in [-0.2, 0) is 11.3 Å². The molecular formula is C26H27Cl2N5O3. The van der Waals surface area contributed by atoms with E-state index in [0.717, 1.165) is 16.7 Å². The lowest BCUT2D eigenvalue weighted by atomic mass is 10.0. The number of nitrogens with two attached hydrogens (primary N) is 1. The molecule has 4 rings (SSSR count). The Balaban J connectivity index is 1.37. The number of pyridine rings is 1. The number of carbonyl (C=O) groups is 2. The zero-order valence-electron chi connectivity index (χ0n) is 20.1. The smallest absolute Gasteiger partial charge is 0.410 e. The third kappa shape index (κ3) is 5.83. The van der Waals surface area contributed by atoms with Crippen molar-refractivity contribution >= 4 is 46.7 Å². The number of hydrogen-bond donors (Lipinski definition) is 1. The molecule has 1 aliphatic rings. The highest BCUT2D eigenvalue weighted by atomic mass is 35.5. The molecule has 1 fully saturated rings. The summed E-state index contributed by atoms with van der Waals surface area (Å²) in [5, 5.41) is 0.972. The Morgan fingerprint density at radius 1 is 1.03 bits per heavy atom. The first-order chi connectivity index (χ1) is 17.2. The van der Waals surface area contributed by atoms with Crippen LogP contribution in [0, 0.1) is 0 Å². The van der Waals surface area contributed by atoms with E-state index in [4.69, 9.17) is 33.7 Å². The number of anilines is 2. The van der Waals surface area contributed by atoms with Crippen LogP contribution in [0.15, 0.2) is 54.7 Å². The molecule has 188 valence electrons. The first-order valence-electron chi connectivity index (χ1n) is 11.4. The molecule has 2 N–H and O–H groups in total. The van der Waals surface area contributed by atoms with E-state index < -0.39 is 0 Å². The average molecular weight is 528 g/mol. The van der Waals surface area contributed by atoms with Crippen LogP contribution in [0.3, 0.4) is 0 Å². The molecule has 0 saturated carbocycles. The second-order valence-corrected chi connectivity index (χ2v) is 9.53. The summed E-state index contributed by atoms with van der Waals surface area (Å²) in [5.74, 6) is 0.503. The van der Waals surface area contributed by atoms with Crippen molar-refractivity contribution in [3.05, 3.63) is 75.9 Å².